The third-order valence-corrected chi connectivity index (χ3v) is 3.18. The molecule has 0 aliphatic rings. The Balaban J connectivity index is 2.20. The van der Waals surface area contributed by atoms with E-state index < -0.39 is 23.6 Å². The highest BCUT2D eigenvalue weighted by Gasteiger charge is 2.16. The van der Waals surface area contributed by atoms with Crippen molar-refractivity contribution >= 4 is 29.1 Å². The zero-order chi connectivity index (χ0) is 15.6. The molecular weight excluding hydrogens is 321 g/mol. The van der Waals surface area contributed by atoms with Crippen LogP contribution in [0.25, 0.3) is 0 Å². The number of benzene rings is 1. The molecule has 0 radical (unpaired) electrons. The van der Waals surface area contributed by atoms with Gasteiger partial charge in [-0.3, -0.25) is 4.79 Å². The van der Waals surface area contributed by atoms with E-state index in [0.717, 1.165) is 18.2 Å². The SMILES string of the molecule is CC(NC(=O)c1cc(Cl)nc(Cl)c1)c1cc(F)ccc1F. The van der Waals surface area contributed by atoms with Crippen molar-refractivity contribution in [2.24, 2.45) is 0 Å². The average Bonchev–Trinajstić information content (AvgIpc) is 2.40. The van der Waals surface area contributed by atoms with Gasteiger partial charge in [0.25, 0.3) is 5.91 Å². The molecule has 0 bridgehead atoms. The van der Waals surface area contributed by atoms with E-state index in [1.807, 2.05) is 0 Å². The minimum absolute atomic E-state index is 0.0506. The summed E-state index contributed by atoms with van der Waals surface area (Å²) in [5.41, 5.74) is 0.235. The van der Waals surface area contributed by atoms with Gasteiger partial charge in [0.15, 0.2) is 0 Å². The van der Waals surface area contributed by atoms with Gasteiger partial charge in [-0.25, -0.2) is 13.8 Å². The molecule has 0 aliphatic heterocycles. The van der Waals surface area contributed by atoms with E-state index in [4.69, 9.17) is 23.2 Å². The molecule has 1 atom stereocenters. The Morgan fingerprint density at radius 2 is 1.81 bits per heavy atom. The van der Waals surface area contributed by atoms with Gasteiger partial charge in [-0.05, 0) is 37.3 Å². The number of hydrogen-bond donors (Lipinski definition) is 1. The lowest BCUT2D eigenvalue weighted by molar-refractivity contribution is 0.0939. The van der Waals surface area contributed by atoms with Crippen LogP contribution in [0.15, 0.2) is 30.3 Å². The fraction of sp³-hybridized carbons (Fsp3) is 0.143. The number of pyridine rings is 1. The van der Waals surface area contributed by atoms with Crippen LogP contribution in [-0.4, -0.2) is 10.9 Å². The van der Waals surface area contributed by atoms with E-state index in [0.29, 0.717) is 0 Å². The van der Waals surface area contributed by atoms with Gasteiger partial charge in [0.2, 0.25) is 0 Å². The van der Waals surface area contributed by atoms with E-state index in [1.54, 1.807) is 6.92 Å². The number of hydrogen-bond acceptors (Lipinski definition) is 2. The molecule has 1 N–H and O–H groups in total. The normalized spacial score (nSPS) is 12.0. The van der Waals surface area contributed by atoms with Crippen molar-refractivity contribution < 1.29 is 13.6 Å². The number of halogens is 4. The summed E-state index contributed by atoms with van der Waals surface area (Å²) in [6, 6.07) is 4.99. The monoisotopic (exact) mass is 330 g/mol. The maximum Gasteiger partial charge on any atom is 0.251 e. The summed E-state index contributed by atoms with van der Waals surface area (Å²) in [6.45, 7) is 1.54. The maximum atomic E-state index is 13.6. The minimum atomic E-state index is -0.723. The van der Waals surface area contributed by atoms with Crippen LogP contribution < -0.4 is 5.32 Å². The topological polar surface area (TPSA) is 42.0 Å². The van der Waals surface area contributed by atoms with Crippen LogP contribution in [0.3, 0.4) is 0 Å². The molecule has 0 fully saturated rings. The predicted octanol–water partition coefficient (Wildman–Crippen LogP) is 4.16. The minimum Gasteiger partial charge on any atom is -0.345 e. The lowest BCUT2D eigenvalue weighted by atomic mass is 10.1. The summed E-state index contributed by atoms with van der Waals surface area (Å²) in [7, 11) is 0. The first-order valence-electron chi connectivity index (χ1n) is 5.95. The average molecular weight is 331 g/mol. The van der Waals surface area contributed by atoms with Crippen LogP contribution in [0.4, 0.5) is 8.78 Å². The summed E-state index contributed by atoms with van der Waals surface area (Å²) in [5, 5.41) is 2.68. The fourth-order valence-electron chi connectivity index (χ4n) is 1.80. The number of rotatable bonds is 3. The van der Waals surface area contributed by atoms with Crippen molar-refractivity contribution in [3.63, 3.8) is 0 Å². The third-order valence-electron chi connectivity index (χ3n) is 2.80. The third kappa shape index (κ3) is 3.89. The molecule has 1 aromatic carbocycles. The molecule has 0 aliphatic carbocycles. The summed E-state index contributed by atoms with van der Waals surface area (Å²) < 4.78 is 26.8. The molecule has 0 saturated carbocycles. The number of carbonyl (C=O) groups is 1. The van der Waals surface area contributed by atoms with Gasteiger partial charge in [0, 0.05) is 11.1 Å². The first kappa shape index (κ1) is 15.7. The quantitative estimate of drug-likeness (QED) is 0.858. The number of nitrogens with zero attached hydrogens (tertiary/aromatic N) is 1. The lowest BCUT2D eigenvalue weighted by Crippen LogP contribution is -2.27. The zero-order valence-electron chi connectivity index (χ0n) is 10.8. The molecule has 1 heterocycles. The Bertz CT molecular complexity index is 674. The Hall–Kier alpha value is -1.72. The lowest BCUT2D eigenvalue weighted by Gasteiger charge is -2.15. The smallest absolute Gasteiger partial charge is 0.251 e. The highest BCUT2D eigenvalue weighted by molar-refractivity contribution is 6.33. The van der Waals surface area contributed by atoms with Gasteiger partial charge < -0.3 is 5.32 Å². The number of nitrogens with one attached hydrogen (secondary N) is 1. The second kappa shape index (κ2) is 6.37. The van der Waals surface area contributed by atoms with E-state index in [2.05, 4.69) is 10.3 Å². The van der Waals surface area contributed by atoms with Crippen molar-refractivity contribution in [3.05, 3.63) is 63.4 Å². The predicted molar refractivity (Wildman–Crippen MR) is 76.5 cm³/mol. The first-order valence-corrected chi connectivity index (χ1v) is 6.71. The molecular formula is C14H10Cl2F2N2O. The standard InChI is InChI=1S/C14H10Cl2F2N2O/c1-7(10-6-9(17)2-3-11(10)18)19-14(21)8-4-12(15)20-13(16)5-8/h2-7H,1H3,(H,19,21). The van der Waals surface area contributed by atoms with Crippen LogP contribution in [0.5, 0.6) is 0 Å². The molecule has 2 aromatic rings. The highest BCUT2D eigenvalue weighted by Crippen LogP contribution is 2.20. The maximum absolute atomic E-state index is 13.6. The van der Waals surface area contributed by atoms with Gasteiger partial charge in [0.05, 0.1) is 6.04 Å². The van der Waals surface area contributed by atoms with Gasteiger partial charge in [-0.15, -0.1) is 0 Å². The number of aromatic nitrogens is 1. The van der Waals surface area contributed by atoms with Crippen molar-refractivity contribution in [1.82, 2.24) is 10.3 Å². The Morgan fingerprint density at radius 1 is 1.19 bits per heavy atom. The van der Waals surface area contributed by atoms with E-state index in [1.165, 1.54) is 12.1 Å². The highest BCUT2D eigenvalue weighted by atomic mass is 35.5. The van der Waals surface area contributed by atoms with Gasteiger partial charge in [-0.2, -0.15) is 0 Å². The Morgan fingerprint density at radius 3 is 2.43 bits per heavy atom. The molecule has 1 aromatic heterocycles. The van der Waals surface area contributed by atoms with Crippen LogP contribution in [0.1, 0.15) is 28.9 Å². The second-order valence-electron chi connectivity index (χ2n) is 4.36. The van der Waals surface area contributed by atoms with Crippen molar-refractivity contribution in [1.29, 1.82) is 0 Å². The zero-order valence-corrected chi connectivity index (χ0v) is 12.3. The second-order valence-corrected chi connectivity index (χ2v) is 5.14. The van der Waals surface area contributed by atoms with Gasteiger partial charge in [0.1, 0.15) is 21.9 Å². The molecule has 2 rings (SSSR count). The van der Waals surface area contributed by atoms with Crippen molar-refractivity contribution in [2.75, 3.05) is 0 Å². The largest absolute Gasteiger partial charge is 0.345 e. The molecule has 3 nitrogen and oxygen atoms in total. The van der Waals surface area contributed by atoms with Gasteiger partial charge in [-0.1, -0.05) is 23.2 Å². The summed E-state index contributed by atoms with van der Waals surface area (Å²) in [5.74, 6) is -1.70. The molecule has 1 unspecified atom stereocenters. The van der Waals surface area contributed by atoms with E-state index in [-0.39, 0.29) is 21.4 Å². The van der Waals surface area contributed by atoms with Crippen LogP contribution in [-0.2, 0) is 0 Å². The molecule has 1 amide bonds. The van der Waals surface area contributed by atoms with Crippen LogP contribution in [0.2, 0.25) is 10.3 Å². The number of carbonyl (C=O) groups excluding carboxylic acids is 1. The Labute approximate surface area is 129 Å². The molecule has 0 spiro atoms. The summed E-state index contributed by atoms with van der Waals surface area (Å²) in [4.78, 5) is 15.8. The van der Waals surface area contributed by atoms with Gasteiger partial charge >= 0.3 is 0 Å². The van der Waals surface area contributed by atoms with Crippen LogP contribution in [0, 0.1) is 11.6 Å². The summed E-state index contributed by atoms with van der Waals surface area (Å²) in [6.07, 6.45) is 0. The molecule has 21 heavy (non-hydrogen) atoms. The fourth-order valence-corrected chi connectivity index (χ4v) is 2.26. The van der Waals surface area contributed by atoms with E-state index in [9.17, 15) is 13.6 Å². The summed E-state index contributed by atoms with van der Waals surface area (Å²) >= 11 is 11.4. The molecule has 7 heteroatoms. The number of amides is 1. The van der Waals surface area contributed by atoms with Crippen molar-refractivity contribution in [2.45, 2.75) is 13.0 Å². The molecule has 0 saturated heterocycles. The van der Waals surface area contributed by atoms with E-state index >= 15 is 0 Å². The van der Waals surface area contributed by atoms with Crippen molar-refractivity contribution in [3.8, 4) is 0 Å². The molecule has 110 valence electrons. The Kier molecular flexibility index (Phi) is 4.75. The first-order chi connectivity index (χ1) is 9.86. The van der Waals surface area contributed by atoms with Crippen LogP contribution >= 0.6 is 23.2 Å².